The summed E-state index contributed by atoms with van der Waals surface area (Å²) >= 11 is 3.33. The van der Waals surface area contributed by atoms with E-state index < -0.39 is 0 Å². The number of carbonyl (C=O) groups is 1. The van der Waals surface area contributed by atoms with Gasteiger partial charge in [0.1, 0.15) is 5.82 Å². The van der Waals surface area contributed by atoms with Crippen molar-refractivity contribution in [3.05, 3.63) is 45.8 Å². The molecule has 5 nitrogen and oxygen atoms in total. The van der Waals surface area contributed by atoms with Crippen LogP contribution in [0.2, 0.25) is 0 Å². The molecule has 1 amide bonds. The van der Waals surface area contributed by atoms with Crippen LogP contribution in [0, 0.1) is 13.8 Å². The molecule has 2 aromatic heterocycles. The summed E-state index contributed by atoms with van der Waals surface area (Å²) in [5.41, 5.74) is 1.79. The predicted molar refractivity (Wildman–Crippen MR) is 71.4 cm³/mol. The molecular formula is C12H11BrN4O. The molecule has 2 rings (SSSR count). The number of nitrogens with one attached hydrogen (secondary N) is 1. The number of hydrogen-bond donors (Lipinski definition) is 1. The van der Waals surface area contributed by atoms with E-state index in [1.165, 1.54) is 0 Å². The summed E-state index contributed by atoms with van der Waals surface area (Å²) < 4.78 is 0.731. The third-order valence-electron chi connectivity index (χ3n) is 2.34. The highest BCUT2D eigenvalue weighted by Crippen LogP contribution is 2.19. The Morgan fingerprint density at radius 2 is 2.11 bits per heavy atom. The summed E-state index contributed by atoms with van der Waals surface area (Å²) in [5.74, 6) is 0.237. The van der Waals surface area contributed by atoms with Gasteiger partial charge in [0, 0.05) is 6.20 Å². The lowest BCUT2D eigenvalue weighted by atomic mass is 10.2. The Morgan fingerprint density at radius 3 is 2.83 bits per heavy atom. The average Bonchev–Trinajstić information content (AvgIpc) is 2.35. The number of carbonyl (C=O) groups excluding carboxylic acids is 1. The van der Waals surface area contributed by atoms with Crippen molar-refractivity contribution in [2.75, 3.05) is 5.32 Å². The van der Waals surface area contributed by atoms with Crippen LogP contribution in [0.1, 0.15) is 21.7 Å². The molecule has 0 radical (unpaired) electrons. The summed E-state index contributed by atoms with van der Waals surface area (Å²) in [6.07, 6.45) is 1.61. The number of pyridine rings is 1. The second kappa shape index (κ2) is 5.22. The molecule has 0 atom stereocenters. The molecule has 6 heteroatoms. The monoisotopic (exact) mass is 306 g/mol. The standard InChI is InChI=1S/C12H11BrN4O/c1-7-6-9(8(2)17-16-7)12(18)15-11-10(13)4-3-5-14-11/h3-6H,1-2H3,(H,14,15,18). The van der Waals surface area contributed by atoms with Crippen LogP contribution in [0.4, 0.5) is 5.82 Å². The van der Waals surface area contributed by atoms with Gasteiger partial charge >= 0.3 is 0 Å². The minimum absolute atomic E-state index is 0.245. The second-order valence-electron chi connectivity index (χ2n) is 3.77. The van der Waals surface area contributed by atoms with Crippen LogP contribution < -0.4 is 5.32 Å². The Morgan fingerprint density at radius 1 is 1.33 bits per heavy atom. The zero-order valence-electron chi connectivity index (χ0n) is 9.94. The first kappa shape index (κ1) is 12.6. The number of amides is 1. The molecule has 0 bridgehead atoms. The first-order valence-corrected chi connectivity index (χ1v) is 6.10. The lowest BCUT2D eigenvalue weighted by Gasteiger charge is -2.07. The van der Waals surface area contributed by atoms with Gasteiger partial charge in [-0.15, -0.1) is 0 Å². The van der Waals surface area contributed by atoms with Gasteiger partial charge in [0.25, 0.3) is 5.91 Å². The zero-order valence-corrected chi connectivity index (χ0v) is 11.5. The van der Waals surface area contributed by atoms with E-state index in [1.807, 2.05) is 6.07 Å². The molecule has 18 heavy (non-hydrogen) atoms. The van der Waals surface area contributed by atoms with Crippen LogP contribution in [0.5, 0.6) is 0 Å². The highest BCUT2D eigenvalue weighted by molar-refractivity contribution is 9.10. The lowest BCUT2D eigenvalue weighted by molar-refractivity contribution is 0.102. The van der Waals surface area contributed by atoms with E-state index in [0.29, 0.717) is 22.8 Å². The molecular weight excluding hydrogens is 296 g/mol. The van der Waals surface area contributed by atoms with Crippen molar-refractivity contribution in [2.24, 2.45) is 0 Å². The van der Waals surface area contributed by atoms with Crippen molar-refractivity contribution in [2.45, 2.75) is 13.8 Å². The molecule has 0 unspecified atom stereocenters. The van der Waals surface area contributed by atoms with E-state index in [9.17, 15) is 4.79 Å². The largest absolute Gasteiger partial charge is 0.306 e. The smallest absolute Gasteiger partial charge is 0.258 e. The van der Waals surface area contributed by atoms with Crippen LogP contribution in [0.15, 0.2) is 28.9 Å². The molecule has 0 spiro atoms. The van der Waals surface area contributed by atoms with Crippen LogP contribution in [-0.2, 0) is 0 Å². The van der Waals surface area contributed by atoms with Gasteiger partial charge in [0.05, 0.1) is 21.4 Å². The van der Waals surface area contributed by atoms with Crippen molar-refractivity contribution in [3.63, 3.8) is 0 Å². The highest BCUT2D eigenvalue weighted by atomic mass is 79.9. The van der Waals surface area contributed by atoms with E-state index in [0.717, 1.165) is 4.47 Å². The molecule has 0 aromatic carbocycles. The summed E-state index contributed by atoms with van der Waals surface area (Å²) in [6, 6.07) is 5.29. The fourth-order valence-electron chi connectivity index (χ4n) is 1.43. The number of hydrogen-bond acceptors (Lipinski definition) is 4. The summed E-state index contributed by atoms with van der Waals surface area (Å²) in [7, 11) is 0. The number of nitrogens with zero attached hydrogens (tertiary/aromatic N) is 3. The van der Waals surface area contributed by atoms with Gasteiger partial charge in [0.15, 0.2) is 0 Å². The molecule has 0 aliphatic carbocycles. The summed E-state index contributed by atoms with van der Waals surface area (Å²) in [4.78, 5) is 16.2. The average molecular weight is 307 g/mol. The van der Waals surface area contributed by atoms with E-state index in [4.69, 9.17) is 0 Å². The minimum Gasteiger partial charge on any atom is -0.306 e. The Balaban J connectivity index is 2.28. The van der Waals surface area contributed by atoms with Gasteiger partial charge in [-0.25, -0.2) is 4.98 Å². The van der Waals surface area contributed by atoms with Gasteiger partial charge in [-0.3, -0.25) is 4.79 Å². The summed E-state index contributed by atoms with van der Waals surface area (Å²) in [6.45, 7) is 3.54. The molecule has 1 N–H and O–H groups in total. The maximum atomic E-state index is 12.1. The Hall–Kier alpha value is -1.82. The second-order valence-corrected chi connectivity index (χ2v) is 4.63. The van der Waals surface area contributed by atoms with Gasteiger partial charge in [-0.05, 0) is 48.0 Å². The third-order valence-corrected chi connectivity index (χ3v) is 2.98. The van der Waals surface area contributed by atoms with E-state index in [1.54, 1.807) is 32.2 Å². The molecule has 0 fully saturated rings. The Kier molecular flexibility index (Phi) is 3.66. The number of aromatic nitrogens is 3. The van der Waals surface area contributed by atoms with Gasteiger partial charge < -0.3 is 5.32 Å². The van der Waals surface area contributed by atoms with Crippen LogP contribution in [-0.4, -0.2) is 21.1 Å². The zero-order chi connectivity index (χ0) is 13.1. The first-order chi connectivity index (χ1) is 8.58. The van der Waals surface area contributed by atoms with Crippen molar-refractivity contribution >= 4 is 27.7 Å². The number of halogens is 1. The quantitative estimate of drug-likeness (QED) is 0.925. The van der Waals surface area contributed by atoms with Gasteiger partial charge in [-0.1, -0.05) is 0 Å². The Bertz CT molecular complexity index is 600. The number of rotatable bonds is 2. The van der Waals surface area contributed by atoms with E-state index in [2.05, 4.69) is 36.4 Å². The molecule has 92 valence electrons. The predicted octanol–water partition coefficient (Wildman–Crippen LogP) is 2.50. The molecule has 2 aromatic rings. The Labute approximate surface area is 113 Å². The fourth-order valence-corrected chi connectivity index (χ4v) is 1.79. The maximum absolute atomic E-state index is 12.1. The number of anilines is 1. The van der Waals surface area contributed by atoms with Gasteiger partial charge in [0.2, 0.25) is 0 Å². The molecule has 0 saturated carbocycles. The SMILES string of the molecule is Cc1cc(C(=O)Nc2ncccc2Br)c(C)nn1. The van der Waals surface area contributed by atoms with E-state index >= 15 is 0 Å². The molecule has 0 saturated heterocycles. The van der Waals surface area contributed by atoms with Crippen molar-refractivity contribution in [1.29, 1.82) is 0 Å². The van der Waals surface area contributed by atoms with Crippen molar-refractivity contribution < 1.29 is 4.79 Å². The highest BCUT2D eigenvalue weighted by Gasteiger charge is 2.13. The van der Waals surface area contributed by atoms with Crippen molar-refractivity contribution in [1.82, 2.24) is 15.2 Å². The minimum atomic E-state index is -0.245. The number of aryl methyl sites for hydroxylation is 2. The van der Waals surface area contributed by atoms with E-state index in [-0.39, 0.29) is 5.91 Å². The lowest BCUT2D eigenvalue weighted by Crippen LogP contribution is -2.16. The van der Waals surface area contributed by atoms with Crippen molar-refractivity contribution in [3.8, 4) is 0 Å². The first-order valence-electron chi connectivity index (χ1n) is 5.30. The van der Waals surface area contributed by atoms with Crippen LogP contribution >= 0.6 is 15.9 Å². The maximum Gasteiger partial charge on any atom is 0.258 e. The van der Waals surface area contributed by atoms with Crippen LogP contribution in [0.3, 0.4) is 0 Å². The molecule has 0 aliphatic rings. The molecule has 2 heterocycles. The van der Waals surface area contributed by atoms with Gasteiger partial charge in [-0.2, -0.15) is 10.2 Å². The van der Waals surface area contributed by atoms with Crippen LogP contribution in [0.25, 0.3) is 0 Å². The molecule has 0 aliphatic heterocycles. The fraction of sp³-hybridized carbons (Fsp3) is 0.167. The third kappa shape index (κ3) is 2.70. The summed E-state index contributed by atoms with van der Waals surface area (Å²) in [5, 5.41) is 10.5. The normalized spacial score (nSPS) is 10.2. The topological polar surface area (TPSA) is 67.8 Å².